The molecular weight excluding hydrogens is 418 g/mol. The molecule has 0 radical (unpaired) electrons. The second-order valence-corrected chi connectivity index (χ2v) is 9.21. The summed E-state index contributed by atoms with van der Waals surface area (Å²) < 4.78 is 0. The molecule has 2 fully saturated rings. The zero-order valence-corrected chi connectivity index (χ0v) is 18.0. The molecule has 0 bridgehead atoms. The van der Waals surface area contributed by atoms with Crippen molar-refractivity contribution < 1.29 is 29.8 Å². The number of hydrogen-bond acceptors (Lipinski definition) is 8. The van der Waals surface area contributed by atoms with E-state index in [0.717, 1.165) is 36.8 Å². The summed E-state index contributed by atoms with van der Waals surface area (Å²) in [7, 11) is 0. The predicted molar refractivity (Wildman–Crippen MR) is 113 cm³/mol. The van der Waals surface area contributed by atoms with E-state index >= 15 is 0 Å². The van der Waals surface area contributed by atoms with Crippen LogP contribution in [0.4, 0.5) is 0 Å². The van der Waals surface area contributed by atoms with E-state index in [1.54, 1.807) is 12.1 Å². The van der Waals surface area contributed by atoms with Gasteiger partial charge in [-0.05, 0) is 73.0 Å². The Kier molecular flexibility index (Phi) is 6.23. The van der Waals surface area contributed by atoms with Crippen molar-refractivity contribution in [2.45, 2.75) is 51.0 Å². The summed E-state index contributed by atoms with van der Waals surface area (Å²) in [6.07, 6.45) is 4.13. The van der Waals surface area contributed by atoms with Crippen LogP contribution in [0.25, 0.3) is 0 Å². The quantitative estimate of drug-likeness (QED) is 0.330. The summed E-state index contributed by atoms with van der Waals surface area (Å²) >= 11 is 0. The van der Waals surface area contributed by atoms with Crippen molar-refractivity contribution in [2.75, 3.05) is 19.8 Å². The normalized spacial score (nSPS) is 31.9. The highest BCUT2D eigenvalue weighted by Gasteiger charge is 2.55. The average molecular weight is 447 g/mol. The maximum atomic E-state index is 11.9. The number of amides is 1. The molecule has 10 heteroatoms. The molecule has 2 saturated carbocycles. The number of phenolic OH excluding ortho intramolecular Hbond substituents is 1. The van der Waals surface area contributed by atoms with E-state index in [1.807, 2.05) is 6.07 Å². The number of hydrogen-bond donors (Lipinski definition) is 3. The van der Waals surface area contributed by atoms with Gasteiger partial charge in [-0.1, -0.05) is 18.1 Å². The van der Waals surface area contributed by atoms with Gasteiger partial charge in [0.2, 0.25) is 0 Å². The Morgan fingerprint density at radius 3 is 2.97 bits per heavy atom. The van der Waals surface area contributed by atoms with Gasteiger partial charge in [0.25, 0.3) is 11.0 Å². The van der Waals surface area contributed by atoms with Gasteiger partial charge < -0.3 is 25.2 Å². The summed E-state index contributed by atoms with van der Waals surface area (Å²) in [6.45, 7) is 1.61. The minimum absolute atomic E-state index is 0.0111. The molecule has 5 atom stereocenters. The number of fused-ring (bicyclic) bond motifs is 5. The first kappa shape index (κ1) is 22.3. The van der Waals surface area contributed by atoms with Gasteiger partial charge in [-0.2, -0.15) is 0 Å². The third-order valence-corrected chi connectivity index (χ3v) is 7.55. The third-order valence-electron chi connectivity index (χ3n) is 7.55. The maximum absolute atomic E-state index is 11.9. The number of aliphatic hydroxyl groups excluding tert-OH is 1. The summed E-state index contributed by atoms with van der Waals surface area (Å²) in [5, 5.41) is 36.6. The molecule has 0 spiro atoms. The second-order valence-electron chi connectivity index (χ2n) is 9.21. The Balaban J connectivity index is 1.48. The summed E-state index contributed by atoms with van der Waals surface area (Å²) in [6, 6.07) is 5.34. The lowest BCUT2D eigenvalue weighted by Crippen LogP contribution is -2.45. The minimum atomic E-state index is -0.919. The largest absolute Gasteiger partial charge is 0.508 e. The molecule has 1 aromatic rings. The first-order chi connectivity index (χ1) is 15.3. The molecule has 3 aliphatic rings. The highest BCUT2D eigenvalue weighted by molar-refractivity contribution is 6.03. The van der Waals surface area contributed by atoms with E-state index in [-0.39, 0.29) is 37.0 Å². The number of carbonyl (C=O) groups is 1. The highest BCUT2D eigenvalue weighted by Crippen LogP contribution is 2.61. The average Bonchev–Trinajstić information content (AvgIpc) is 3.06. The van der Waals surface area contributed by atoms with Gasteiger partial charge in [0.15, 0.2) is 6.61 Å². The second kappa shape index (κ2) is 8.93. The molecule has 3 aliphatic carbocycles. The molecule has 5 unspecified atom stereocenters. The van der Waals surface area contributed by atoms with Crippen molar-refractivity contribution >= 4 is 11.6 Å². The number of nitrogens with zero attached hydrogens (tertiary/aromatic N) is 2. The molecule has 1 aromatic carbocycles. The van der Waals surface area contributed by atoms with Gasteiger partial charge in [0, 0.05) is 12.1 Å². The number of benzene rings is 1. The molecule has 32 heavy (non-hydrogen) atoms. The van der Waals surface area contributed by atoms with E-state index in [2.05, 4.69) is 22.2 Å². The number of phenols is 1. The van der Waals surface area contributed by atoms with Crippen LogP contribution in [0.1, 0.15) is 56.1 Å². The van der Waals surface area contributed by atoms with E-state index < -0.39 is 11.0 Å². The van der Waals surface area contributed by atoms with Gasteiger partial charge in [0.05, 0.1) is 11.8 Å². The standard InChI is InChI=1S/C22H29N3O7/c1-22-7-6-15-14-3-2-13(26)10-17(14)19(11-16(15)18(22)4-5-20(22)27)24-31-12-21(28)23-8-9-32-25(29)30/h2-3,10,15-16,18,20,26-27H,4-9,11-12H2,1H3,(H,23,28)/b24-19+. The Bertz CT molecular complexity index is 921. The Morgan fingerprint density at radius 2 is 2.19 bits per heavy atom. The van der Waals surface area contributed by atoms with E-state index in [1.165, 1.54) is 0 Å². The first-order valence-corrected chi connectivity index (χ1v) is 11.0. The maximum Gasteiger partial charge on any atom is 0.294 e. The number of aromatic hydroxyl groups is 1. The number of rotatable bonds is 7. The summed E-state index contributed by atoms with van der Waals surface area (Å²) in [5.41, 5.74) is 2.57. The number of nitrogens with one attached hydrogen (secondary N) is 1. The van der Waals surface area contributed by atoms with Crippen molar-refractivity contribution in [3.63, 3.8) is 0 Å². The van der Waals surface area contributed by atoms with Crippen LogP contribution in [0.15, 0.2) is 23.4 Å². The van der Waals surface area contributed by atoms with Crippen LogP contribution in [0.3, 0.4) is 0 Å². The molecule has 0 heterocycles. The lowest BCUT2D eigenvalue weighted by Gasteiger charge is -2.50. The van der Waals surface area contributed by atoms with Crippen molar-refractivity contribution in [1.82, 2.24) is 5.32 Å². The molecule has 10 nitrogen and oxygen atoms in total. The third kappa shape index (κ3) is 4.23. The number of aliphatic hydroxyl groups is 1. The fourth-order valence-corrected chi connectivity index (χ4v) is 6.00. The molecular formula is C22H29N3O7. The predicted octanol–water partition coefficient (Wildman–Crippen LogP) is 2.11. The van der Waals surface area contributed by atoms with Gasteiger partial charge in [-0.3, -0.25) is 4.79 Å². The monoisotopic (exact) mass is 447 g/mol. The van der Waals surface area contributed by atoms with E-state index in [0.29, 0.717) is 29.9 Å². The van der Waals surface area contributed by atoms with Crippen molar-refractivity contribution in [3.8, 4) is 5.75 Å². The van der Waals surface area contributed by atoms with Gasteiger partial charge in [0.1, 0.15) is 12.4 Å². The van der Waals surface area contributed by atoms with Crippen LogP contribution in [0, 0.1) is 27.4 Å². The number of carbonyl (C=O) groups excluding carboxylic acids is 1. The summed E-state index contributed by atoms with van der Waals surface area (Å²) in [4.78, 5) is 31.5. The molecule has 3 N–H and O–H groups in total. The Hall–Kier alpha value is -2.88. The van der Waals surface area contributed by atoms with Crippen LogP contribution in [-0.2, 0) is 14.5 Å². The molecule has 0 saturated heterocycles. The Labute approximate surface area is 185 Å². The molecule has 0 aliphatic heterocycles. The van der Waals surface area contributed by atoms with Crippen LogP contribution in [0.5, 0.6) is 5.75 Å². The fraction of sp³-hybridized carbons (Fsp3) is 0.636. The van der Waals surface area contributed by atoms with Gasteiger partial charge in [-0.25, -0.2) is 0 Å². The molecule has 0 aromatic heterocycles. The molecule has 4 rings (SSSR count). The van der Waals surface area contributed by atoms with Crippen molar-refractivity contribution in [2.24, 2.45) is 22.4 Å². The van der Waals surface area contributed by atoms with E-state index in [4.69, 9.17) is 4.84 Å². The van der Waals surface area contributed by atoms with Crippen LogP contribution in [0.2, 0.25) is 0 Å². The lowest BCUT2D eigenvalue weighted by molar-refractivity contribution is -0.757. The smallest absolute Gasteiger partial charge is 0.294 e. The summed E-state index contributed by atoms with van der Waals surface area (Å²) in [5.74, 6) is 0.732. The van der Waals surface area contributed by atoms with E-state index in [9.17, 15) is 25.1 Å². The molecule has 1 amide bonds. The SMILES string of the molecule is CC12CCC3c4ccc(O)cc4/C(=N/OCC(=O)NCCO[N+](=O)[O-])CC3C1CCC2O. The first-order valence-electron chi connectivity index (χ1n) is 11.0. The number of oxime groups is 1. The van der Waals surface area contributed by atoms with Gasteiger partial charge >= 0.3 is 0 Å². The van der Waals surface area contributed by atoms with Crippen molar-refractivity contribution in [1.29, 1.82) is 0 Å². The lowest BCUT2D eigenvalue weighted by atomic mass is 9.55. The van der Waals surface area contributed by atoms with Crippen molar-refractivity contribution in [3.05, 3.63) is 39.4 Å². The minimum Gasteiger partial charge on any atom is -0.508 e. The molecule has 174 valence electrons. The van der Waals surface area contributed by atoms with Crippen LogP contribution < -0.4 is 5.32 Å². The topological polar surface area (TPSA) is 144 Å². The van der Waals surface area contributed by atoms with Crippen LogP contribution in [-0.4, -0.2) is 52.8 Å². The van der Waals surface area contributed by atoms with Gasteiger partial charge in [-0.15, -0.1) is 10.1 Å². The zero-order valence-electron chi connectivity index (χ0n) is 18.0. The van der Waals surface area contributed by atoms with Crippen LogP contribution >= 0.6 is 0 Å². The zero-order chi connectivity index (χ0) is 22.9. The fourth-order valence-electron chi connectivity index (χ4n) is 6.00. The Morgan fingerprint density at radius 1 is 1.38 bits per heavy atom. The highest BCUT2D eigenvalue weighted by atomic mass is 16.9.